The average Bonchev–Trinajstić information content (AvgIpc) is 2.88. The van der Waals surface area contributed by atoms with Crippen molar-refractivity contribution in [2.45, 2.75) is 20.1 Å². The molecule has 2 nitrogen and oxygen atoms in total. The van der Waals surface area contributed by atoms with Crippen LogP contribution in [0.3, 0.4) is 0 Å². The van der Waals surface area contributed by atoms with Crippen LogP contribution in [-0.4, -0.2) is 5.78 Å². The molecule has 2 aromatic rings. The Morgan fingerprint density at radius 2 is 1.95 bits per heavy atom. The highest BCUT2D eigenvalue weighted by atomic mass is 79.9. The van der Waals surface area contributed by atoms with Crippen LogP contribution in [0.1, 0.15) is 32.6 Å². The summed E-state index contributed by atoms with van der Waals surface area (Å²) in [4.78, 5) is 12.6. The Kier molecular flexibility index (Phi) is 3.25. The molecule has 19 heavy (non-hydrogen) atoms. The summed E-state index contributed by atoms with van der Waals surface area (Å²) in [6.07, 6.45) is 0. The third-order valence-electron chi connectivity index (χ3n) is 3.50. The minimum atomic E-state index is 0.0634. The number of carbonyl (C=O) groups excluding carboxylic acids is 1. The van der Waals surface area contributed by atoms with Gasteiger partial charge in [-0.3, -0.25) is 4.79 Å². The second kappa shape index (κ2) is 4.91. The van der Waals surface area contributed by atoms with Gasteiger partial charge in [-0.25, -0.2) is 0 Å². The van der Waals surface area contributed by atoms with Gasteiger partial charge in [0.1, 0.15) is 0 Å². The molecule has 0 N–H and O–H groups in total. The van der Waals surface area contributed by atoms with Crippen LogP contribution < -0.4 is 0 Å². The fraction of sp³-hybridized carbons (Fsp3) is 0.188. The van der Waals surface area contributed by atoms with Crippen LogP contribution in [0.15, 0.2) is 40.9 Å². The summed E-state index contributed by atoms with van der Waals surface area (Å²) >= 11 is 3.46. The molecular weight excluding hydrogens is 304 g/mol. The van der Waals surface area contributed by atoms with Crippen molar-refractivity contribution < 1.29 is 9.53 Å². The first-order valence-electron chi connectivity index (χ1n) is 6.16. The smallest absolute Gasteiger partial charge is 0.193 e. The minimum absolute atomic E-state index is 0.0634. The first kappa shape index (κ1) is 12.6. The molecule has 3 heteroatoms. The standard InChI is InChI=1S/C16H13BrO2/c1-10-14(3-2-4-15(10)17)16(18)11-5-6-12-8-19-9-13(12)7-11/h2-7H,8-9H2,1H3. The summed E-state index contributed by atoms with van der Waals surface area (Å²) < 4.78 is 6.34. The number of ether oxygens (including phenoxy) is 1. The second-order valence-corrected chi connectivity index (χ2v) is 5.57. The molecule has 3 rings (SSSR count). The maximum Gasteiger partial charge on any atom is 0.193 e. The summed E-state index contributed by atoms with van der Waals surface area (Å²) in [5, 5.41) is 0. The summed E-state index contributed by atoms with van der Waals surface area (Å²) in [6.45, 7) is 3.21. The zero-order valence-corrected chi connectivity index (χ0v) is 12.2. The Morgan fingerprint density at radius 1 is 1.16 bits per heavy atom. The maximum atomic E-state index is 12.6. The van der Waals surface area contributed by atoms with Gasteiger partial charge in [0, 0.05) is 15.6 Å². The fourth-order valence-electron chi connectivity index (χ4n) is 2.32. The first-order chi connectivity index (χ1) is 9.16. The second-order valence-electron chi connectivity index (χ2n) is 4.72. The first-order valence-corrected chi connectivity index (χ1v) is 6.95. The van der Waals surface area contributed by atoms with Gasteiger partial charge in [-0.1, -0.05) is 40.2 Å². The van der Waals surface area contributed by atoms with Crippen molar-refractivity contribution in [2.24, 2.45) is 0 Å². The summed E-state index contributed by atoms with van der Waals surface area (Å²) in [6, 6.07) is 11.5. The van der Waals surface area contributed by atoms with E-state index in [0.717, 1.165) is 26.7 Å². The van der Waals surface area contributed by atoms with E-state index in [-0.39, 0.29) is 5.78 Å². The largest absolute Gasteiger partial charge is 0.372 e. The lowest BCUT2D eigenvalue weighted by Crippen LogP contribution is -2.04. The van der Waals surface area contributed by atoms with E-state index in [1.165, 1.54) is 5.56 Å². The van der Waals surface area contributed by atoms with Crippen molar-refractivity contribution in [3.8, 4) is 0 Å². The Hall–Kier alpha value is -1.45. The molecule has 1 heterocycles. The van der Waals surface area contributed by atoms with Gasteiger partial charge in [-0.15, -0.1) is 0 Å². The van der Waals surface area contributed by atoms with E-state index in [4.69, 9.17) is 4.74 Å². The molecule has 0 saturated heterocycles. The number of hydrogen-bond donors (Lipinski definition) is 0. The van der Waals surface area contributed by atoms with Gasteiger partial charge < -0.3 is 4.74 Å². The lowest BCUT2D eigenvalue weighted by atomic mass is 9.97. The predicted molar refractivity (Wildman–Crippen MR) is 77.2 cm³/mol. The number of benzene rings is 2. The number of ketones is 1. The van der Waals surface area contributed by atoms with Crippen LogP contribution in [-0.2, 0) is 18.0 Å². The molecule has 1 aliphatic rings. The number of halogens is 1. The minimum Gasteiger partial charge on any atom is -0.372 e. The zero-order chi connectivity index (χ0) is 13.4. The fourth-order valence-corrected chi connectivity index (χ4v) is 2.69. The molecule has 1 aliphatic heterocycles. The summed E-state index contributed by atoms with van der Waals surface area (Å²) in [5.74, 6) is 0.0634. The lowest BCUT2D eigenvalue weighted by molar-refractivity contribution is 0.103. The van der Waals surface area contributed by atoms with Crippen molar-refractivity contribution in [1.82, 2.24) is 0 Å². The molecule has 96 valence electrons. The van der Waals surface area contributed by atoms with Crippen LogP contribution in [0.25, 0.3) is 0 Å². The van der Waals surface area contributed by atoms with Gasteiger partial charge in [0.05, 0.1) is 13.2 Å². The molecule has 2 aromatic carbocycles. The van der Waals surface area contributed by atoms with Gasteiger partial charge in [0.2, 0.25) is 0 Å². The molecule has 0 aromatic heterocycles. The van der Waals surface area contributed by atoms with Crippen LogP contribution in [0, 0.1) is 6.92 Å². The number of hydrogen-bond acceptors (Lipinski definition) is 2. The van der Waals surface area contributed by atoms with E-state index in [1.54, 1.807) is 0 Å². The molecule has 0 saturated carbocycles. The third kappa shape index (κ3) is 2.24. The lowest BCUT2D eigenvalue weighted by Gasteiger charge is -2.08. The highest BCUT2D eigenvalue weighted by Crippen LogP contribution is 2.25. The molecule has 0 fully saturated rings. The van der Waals surface area contributed by atoms with Crippen LogP contribution in [0.5, 0.6) is 0 Å². The normalized spacial score (nSPS) is 13.4. The summed E-state index contributed by atoms with van der Waals surface area (Å²) in [7, 11) is 0. The quantitative estimate of drug-likeness (QED) is 0.782. The van der Waals surface area contributed by atoms with Crippen LogP contribution in [0.2, 0.25) is 0 Å². The molecule has 0 unspecified atom stereocenters. The van der Waals surface area contributed by atoms with Gasteiger partial charge in [0.25, 0.3) is 0 Å². The Morgan fingerprint density at radius 3 is 2.79 bits per heavy atom. The SMILES string of the molecule is Cc1c(Br)cccc1C(=O)c1ccc2c(c1)COC2. The predicted octanol–water partition coefficient (Wildman–Crippen LogP) is 4.02. The molecular formula is C16H13BrO2. The van der Waals surface area contributed by atoms with E-state index < -0.39 is 0 Å². The van der Waals surface area contributed by atoms with E-state index in [2.05, 4.69) is 15.9 Å². The maximum absolute atomic E-state index is 12.6. The van der Waals surface area contributed by atoms with E-state index >= 15 is 0 Å². The van der Waals surface area contributed by atoms with E-state index in [1.807, 2.05) is 43.3 Å². The number of rotatable bonds is 2. The monoisotopic (exact) mass is 316 g/mol. The molecule has 0 atom stereocenters. The number of carbonyl (C=O) groups is 1. The summed E-state index contributed by atoms with van der Waals surface area (Å²) in [5.41, 5.74) is 4.75. The highest BCUT2D eigenvalue weighted by molar-refractivity contribution is 9.10. The molecule has 0 aliphatic carbocycles. The van der Waals surface area contributed by atoms with E-state index in [9.17, 15) is 4.79 Å². The van der Waals surface area contributed by atoms with Crippen molar-refractivity contribution in [3.63, 3.8) is 0 Å². The van der Waals surface area contributed by atoms with Crippen molar-refractivity contribution >= 4 is 21.7 Å². The van der Waals surface area contributed by atoms with Crippen molar-refractivity contribution in [3.05, 3.63) is 68.7 Å². The van der Waals surface area contributed by atoms with Crippen molar-refractivity contribution in [1.29, 1.82) is 0 Å². The van der Waals surface area contributed by atoms with Gasteiger partial charge in [0.15, 0.2) is 5.78 Å². The molecule has 0 amide bonds. The molecule has 0 radical (unpaired) electrons. The van der Waals surface area contributed by atoms with Crippen LogP contribution >= 0.6 is 15.9 Å². The Bertz CT molecular complexity index is 662. The van der Waals surface area contributed by atoms with Crippen molar-refractivity contribution in [2.75, 3.05) is 0 Å². The van der Waals surface area contributed by atoms with Crippen LogP contribution in [0.4, 0.5) is 0 Å². The highest BCUT2D eigenvalue weighted by Gasteiger charge is 2.17. The van der Waals surface area contributed by atoms with Gasteiger partial charge in [-0.2, -0.15) is 0 Å². The zero-order valence-electron chi connectivity index (χ0n) is 10.6. The van der Waals surface area contributed by atoms with Gasteiger partial charge >= 0.3 is 0 Å². The molecule has 0 bridgehead atoms. The van der Waals surface area contributed by atoms with Gasteiger partial charge in [-0.05, 0) is 35.7 Å². The topological polar surface area (TPSA) is 26.3 Å². The number of fused-ring (bicyclic) bond motifs is 1. The third-order valence-corrected chi connectivity index (χ3v) is 4.35. The Labute approximate surface area is 120 Å². The average molecular weight is 317 g/mol. The van der Waals surface area contributed by atoms with E-state index in [0.29, 0.717) is 13.2 Å². The molecule has 0 spiro atoms. The Balaban J connectivity index is 2.02.